The van der Waals surface area contributed by atoms with Crippen molar-refractivity contribution in [1.29, 1.82) is 0 Å². The van der Waals surface area contributed by atoms with Gasteiger partial charge in [0.2, 0.25) is 10.0 Å². The van der Waals surface area contributed by atoms with Crippen molar-refractivity contribution in [1.82, 2.24) is 19.6 Å². The zero-order valence-electron chi connectivity index (χ0n) is 17.5. The molecule has 0 radical (unpaired) electrons. The highest BCUT2D eigenvalue weighted by Gasteiger charge is 2.32. The van der Waals surface area contributed by atoms with E-state index in [0.717, 1.165) is 0 Å². The van der Waals surface area contributed by atoms with E-state index in [1.165, 1.54) is 34.9 Å². The third-order valence-corrected chi connectivity index (χ3v) is 7.37. The van der Waals surface area contributed by atoms with Gasteiger partial charge in [-0.05, 0) is 36.6 Å². The zero-order valence-corrected chi connectivity index (χ0v) is 18.3. The average molecular weight is 472 g/mol. The van der Waals surface area contributed by atoms with E-state index in [4.69, 9.17) is 10.8 Å². The highest BCUT2D eigenvalue weighted by Crippen LogP contribution is 2.33. The monoisotopic (exact) mass is 471 g/mol. The molecule has 0 aliphatic carbocycles. The van der Waals surface area contributed by atoms with Gasteiger partial charge in [-0.15, -0.1) is 0 Å². The number of benzene rings is 2. The third-order valence-electron chi connectivity index (χ3n) is 5.44. The van der Waals surface area contributed by atoms with Crippen LogP contribution < -0.4 is 11.1 Å². The lowest BCUT2D eigenvalue weighted by molar-refractivity contribution is 0.181. The lowest BCUT2D eigenvalue weighted by Crippen LogP contribution is -2.49. The molecule has 2 aromatic carbocycles. The van der Waals surface area contributed by atoms with E-state index in [2.05, 4.69) is 15.3 Å². The Morgan fingerprint density at radius 1 is 1.15 bits per heavy atom. The molecular formula is C22H22FN5O4S. The molecule has 172 valence electrons. The van der Waals surface area contributed by atoms with Crippen molar-refractivity contribution >= 4 is 21.9 Å². The quantitative estimate of drug-likeness (QED) is 0.520. The number of halogens is 1. The van der Waals surface area contributed by atoms with Gasteiger partial charge in [-0.25, -0.2) is 22.6 Å². The number of sulfonamides is 1. The fourth-order valence-electron chi connectivity index (χ4n) is 3.89. The molecule has 2 heterocycles. The van der Waals surface area contributed by atoms with Crippen LogP contribution in [0.4, 0.5) is 15.0 Å². The van der Waals surface area contributed by atoms with Gasteiger partial charge in [0.05, 0.1) is 23.0 Å². The molecule has 1 saturated heterocycles. The number of carbonyl (C=O) groups is 1. The summed E-state index contributed by atoms with van der Waals surface area (Å²) in [4.78, 5) is 19.0. The standard InChI is InChI=1S/C22H22FN5O4S/c23-18-10-14(7-8-17(18)19-11-26-21(24)12-25-19)16-5-1-2-6-20(16)33(31,32)28-9-3-4-15(13-28)27-22(29)30/h1-2,5-8,10-12,15,27H,3-4,9,13H2,(H2,24,26)(H,29,30). The van der Waals surface area contributed by atoms with Crippen LogP contribution in [-0.2, 0) is 10.0 Å². The van der Waals surface area contributed by atoms with E-state index in [9.17, 15) is 17.6 Å². The minimum Gasteiger partial charge on any atom is -0.465 e. The van der Waals surface area contributed by atoms with Crippen LogP contribution in [0, 0.1) is 5.82 Å². The maximum Gasteiger partial charge on any atom is 0.404 e. The van der Waals surface area contributed by atoms with Gasteiger partial charge in [-0.2, -0.15) is 4.31 Å². The summed E-state index contributed by atoms with van der Waals surface area (Å²) >= 11 is 0. The van der Waals surface area contributed by atoms with Crippen molar-refractivity contribution in [2.45, 2.75) is 23.8 Å². The van der Waals surface area contributed by atoms with Crippen molar-refractivity contribution in [3.63, 3.8) is 0 Å². The first-order chi connectivity index (χ1) is 15.8. The van der Waals surface area contributed by atoms with Crippen LogP contribution in [0.2, 0.25) is 0 Å². The summed E-state index contributed by atoms with van der Waals surface area (Å²) < 4.78 is 43.1. The lowest BCUT2D eigenvalue weighted by Gasteiger charge is -2.32. The van der Waals surface area contributed by atoms with E-state index in [0.29, 0.717) is 29.7 Å². The van der Waals surface area contributed by atoms with E-state index in [1.54, 1.807) is 24.3 Å². The zero-order chi connectivity index (χ0) is 23.6. The van der Waals surface area contributed by atoms with Crippen molar-refractivity contribution in [2.24, 2.45) is 0 Å². The Morgan fingerprint density at radius 2 is 1.94 bits per heavy atom. The van der Waals surface area contributed by atoms with Crippen LogP contribution in [0.3, 0.4) is 0 Å². The lowest BCUT2D eigenvalue weighted by atomic mass is 10.0. The molecule has 0 saturated carbocycles. The van der Waals surface area contributed by atoms with Crippen LogP contribution >= 0.6 is 0 Å². The van der Waals surface area contributed by atoms with Gasteiger partial charge in [-0.1, -0.05) is 24.3 Å². The number of piperidine rings is 1. The minimum absolute atomic E-state index is 0.0281. The summed E-state index contributed by atoms with van der Waals surface area (Å²) in [6.45, 7) is 0.309. The molecule has 1 aliphatic rings. The molecule has 1 amide bonds. The van der Waals surface area contributed by atoms with Crippen molar-refractivity contribution in [2.75, 3.05) is 18.8 Å². The fraction of sp³-hybridized carbons (Fsp3) is 0.227. The molecule has 1 aliphatic heterocycles. The number of rotatable bonds is 5. The Morgan fingerprint density at radius 3 is 2.64 bits per heavy atom. The van der Waals surface area contributed by atoms with Crippen LogP contribution in [0.5, 0.6) is 0 Å². The Hall–Kier alpha value is -3.57. The number of anilines is 1. The summed E-state index contributed by atoms with van der Waals surface area (Å²) in [7, 11) is -3.95. The smallest absolute Gasteiger partial charge is 0.404 e. The summed E-state index contributed by atoms with van der Waals surface area (Å²) in [5.41, 5.74) is 6.78. The number of amides is 1. The molecule has 1 fully saturated rings. The highest BCUT2D eigenvalue weighted by atomic mass is 32.2. The summed E-state index contributed by atoms with van der Waals surface area (Å²) in [6.07, 6.45) is 2.58. The number of carboxylic acid groups (broad SMARTS) is 1. The van der Waals surface area contributed by atoms with E-state index in [1.807, 2.05) is 0 Å². The van der Waals surface area contributed by atoms with Gasteiger partial charge < -0.3 is 16.2 Å². The molecule has 9 nitrogen and oxygen atoms in total. The first-order valence-corrected chi connectivity index (χ1v) is 11.7. The molecular weight excluding hydrogens is 449 g/mol. The van der Waals surface area contributed by atoms with Crippen LogP contribution in [0.1, 0.15) is 12.8 Å². The Balaban J connectivity index is 1.68. The molecule has 0 bridgehead atoms. The summed E-state index contributed by atoms with van der Waals surface area (Å²) in [5.74, 6) is -0.365. The first kappa shape index (κ1) is 22.6. The topological polar surface area (TPSA) is 139 Å². The van der Waals surface area contributed by atoms with E-state index in [-0.39, 0.29) is 29.4 Å². The van der Waals surface area contributed by atoms with Gasteiger partial charge in [-0.3, -0.25) is 4.98 Å². The number of nitrogen functional groups attached to an aromatic ring is 1. The predicted octanol–water partition coefficient (Wildman–Crippen LogP) is 2.95. The number of hydrogen-bond acceptors (Lipinski definition) is 6. The van der Waals surface area contributed by atoms with Crippen molar-refractivity contribution in [3.8, 4) is 22.4 Å². The molecule has 1 atom stereocenters. The summed E-state index contributed by atoms with van der Waals surface area (Å²) in [5, 5.41) is 11.3. The van der Waals surface area contributed by atoms with Gasteiger partial charge in [0.1, 0.15) is 11.6 Å². The SMILES string of the molecule is Nc1cnc(-c2ccc(-c3ccccc3S(=O)(=O)N3CCCC(NC(=O)O)C3)cc2F)cn1. The van der Waals surface area contributed by atoms with Gasteiger partial charge in [0, 0.05) is 30.3 Å². The molecule has 4 N–H and O–H groups in total. The van der Waals surface area contributed by atoms with Crippen molar-refractivity contribution < 1.29 is 22.7 Å². The number of nitrogens with one attached hydrogen (secondary N) is 1. The number of nitrogens with two attached hydrogens (primary N) is 1. The largest absolute Gasteiger partial charge is 0.465 e. The number of nitrogens with zero attached hydrogens (tertiary/aromatic N) is 3. The molecule has 11 heteroatoms. The third kappa shape index (κ3) is 4.78. The van der Waals surface area contributed by atoms with Crippen LogP contribution in [0.15, 0.2) is 59.8 Å². The number of aromatic nitrogens is 2. The van der Waals surface area contributed by atoms with E-state index >= 15 is 0 Å². The van der Waals surface area contributed by atoms with Gasteiger partial charge in [0.15, 0.2) is 0 Å². The Bertz CT molecular complexity index is 1280. The van der Waals surface area contributed by atoms with Crippen molar-refractivity contribution in [3.05, 3.63) is 60.7 Å². The summed E-state index contributed by atoms with van der Waals surface area (Å²) in [6, 6.07) is 10.3. The molecule has 3 aromatic rings. The molecule has 1 aromatic heterocycles. The maximum absolute atomic E-state index is 15.0. The highest BCUT2D eigenvalue weighted by molar-refractivity contribution is 7.89. The first-order valence-electron chi connectivity index (χ1n) is 10.2. The number of hydrogen-bond donors (Lipinski definition) is 3. The normalized spacial score (nSPS) is 16.9. The Kier molecular flexibility index (Phi) is 6.25. The second-order valence-corrected chi connectivity index (χ2v) is 9.58. The average Bonchev–Trinajstić information content (AvgIpc) is 2.79. The van der Waals surface area contributed by atoms with Gasteiger partial charge in [0.25, 0.3) is 0 Å². The maximum atomic E-state index is 15.0. The minimum atomic E-state index is -3.95. The van der Waals surface area contributed by atoms with E-state index < -0.39 is 28.0 Å². The Labute approximate surface area is 190 Å². The molecule has 33 heavy (non-hydrogen) atoms. The second kappa shape index (κ2) is 9.12. The van der Waals surface area contributed by atoms with Gasteiger partial charge >= 0.3 is 6.09 Å². The molecule has 1 unspecified atom stereocenters. The molecule has 4 rings (SSSR count). The fourth-order valence-corrected chi connectivity index (χ4v) is 5.63. The molecule has 0 spiro atoms. The van der Waals surface area contributed by atoms with Crippen LogP contribution in [-0.4, -0.2) is 53.0 Å². The second-order valence-electron chi connectivity index (χ2n) is 7.67. The van der Waals surface area contributed by atoms with Crippen LogP contribution in [0.25, 0.3) is 22.4 Å². The predicted molar refractivity (Wildman–Crippen MR) is 120 cm³/mol.